The summed E-state index contributed by atoms with van der Waals surface area (Å²) in [5.74, 6) is -0.587. The normalized spacial score (nSPS) is 12.0. The Morgan fingerprint density at radius 2 is 1.94 bits per heavy atom. The van der Waals surface area contributed by atoms with Crippen molar-refractivity contribution in [1.82, 2.24) is 4.90 Å². The first-order valence-corrected chi connectivity index (χ1v) is 5.41. The lowest BCUT2D eigenvalue weighted by atomic mass is 10.1. The van der Waals surface area contributed by atoms with E-state index in [-0.39, 0.29) is 17.8 Å². The lowest BCUT2D eigenvalue weighted by Crippen LogP contribution is -2.38. The summed E-state index contributed by atoms with van der Waals surface area (Å²) >= 11 is 0. The molecule has 0 aromatic rings. The number of nitrogens with zero attached hydrogens (tertiary/aromatic N) is 1. The van der Waals surface area contributed by atoms with E-state index in [0.29, 0.717) is 26.1 Å². The highest BCUT2D eigenvalue weighted by Gasteiger charge is 2.20. The van der Waals surface area contributed by atoms with Gasteiger partial charge in [0.1, 0.15) is 0 Å². The van der Waals surface area contributed by atoms with Crippen molar-refractivity contribution in [2.75, 3.05) is 33.9 Å². The van der Waals surface area contributed by atoms with Crippen molar-refractivity contribution in [3.05, 3.63) is 0 Å². The number of amides is 1. The van der Waals surface area contributed by atoms with Gasteiger partial charge in [-0.1, -0.05) is 13.8 Å². The molecule has 0 fully saturated rings. The van der Waals surface area contributed by atoms with Crippen LogP contribution < -0.4 is 0 Å². The van der Waals surface area contributed by atoms with Gasteiger partial charge in [-0.3, -0.25) is 9.59 Å². The van der Waals surface area contributed by atoms with Gasteiger partial charge in [0, 0.05) is 26.6 Å². The number of carbonyl (C=O) groups excluding carboxylic acids is 2. The quantitative estimate of drug-likeness (QED) is 0.605. The Balaban J connectivity index is 4.29. The molecule has 0 rings (SSSR count). The minimum atomic E-state index is -0.308. The molecular weight excluding hydrogens is 210 g/mol. The number of ether oxygens (including phenoxy) is 2. The zero-order valence-electron chi connectivity index (χ0n) is 10.5. The monoisotopic (exact) mass is 231 g/mol. The van der Waals surface area contributed by atoms with Crippen LogP contribution in [0.3, 0.4) is 0 Å². The first-order valence-electron chi connectivity index (χ1n) is 5.41. The van der Waals surface area contributed by atoms with E-state index in [4.69, 9.17) is 4.74 Å². The minimum absolute atomic E-state index is 0.0211. The number of hydrogen-bond acceptors (Lipinski definition) is 4. The van der Waals surface area contributed by atoms with Crippen LogP contribution in [0.25, 0.3) is 0 Å². The highest BCUT2D eigenvalue weighted by molar-refractivity contribution is 5.77. The first-order chi connectivity index (χ1) is 7.56. The average molecular weight is 231 g/mol. The van der Waals surface area contributed by atoms with Gasteiger partial charge in [-0.2, -0.15) is 0 Å². The van der Waals surface area contributed by atoms with Crippen LogP contribution in [0.15, 0.2) is 0 Å². The van der Waals surface area contributed by atoms with Crippen LogP contribution in [-0.2, 0) is 19.1 Å². The van der Waals surface area contributed by atoms with Crippen molar-refractivity contribution in [3.63, 3.8) is 0 Å². The van der Waals surface area contributed by atoms with Crippen LogP contribution in [0.4, 0.5) is 0 Å². The molecular formula is C11H21NO4. The van der Waals surface area contributed by atoms with Gasteiger partial charge in [0.15, 0.2) is 0 Å². The third-order valence-electron chi connectivity index (χ3n) is 2.32. The predicted molar refractivity (Wildman–Crippen MR) is 59.9 cm³/mol. The molecule has 16 heavy (non-hydrogen) atoms. The van der Waals surface area contributed by atoms with Crippen molar-refractivity contribution < 1.29 is 19.1 Å². The van der Waals surface area contributed by atoms with Gasteiger partial charge in [-0.25, -0.2) is 0 Å². The molecule has 0 aliphatic carbocycles. The molecule has 0 heterocycles. The minimum Gasteiger partial charge on any atom is -0.469 e. The number of hydrogen-bond donors (Lipinski definition) is 0. The molecule has 0 N–H and O–H groups in total. The molecule has 0 saturated heterocycles. The molecule has 5 heteroatoms. The maximum atomic E-state index is 11.6. The maximum absolute atomic E-state index is 11.6. The summed E-state index contributed by atoms with van der Waals surface area (Å²) in [6, 6.07) is 0. The molecule has 5 nitrogen and oxygen atoms in total. The van der Waals surface area contributed by atoms with E-state index in [0.717, 1.165) is 0 Å². The molecule has 0 aliphatic heterocycles. The highest BCUT2D eigenvalue weighted by Crippen LogP contribution is 2.04. The summed E-state index contributed by atoms with van der Waals surface area (Å²) in [5.41, 5.74) is 0. The SMILES string of the molecule is CCC(=O)N(CCOC)CC(C)C(=O)OC. The second kappa shape index (κ2) is 8.10. The topological polar surface area (TPSA) is 55.8 Å². The van der Waals surface area contributed by atoms with E-state index in [9.17, 15) is 9.59 Å². The second-order valence-electron chi connectivity index (χ2n) is 3.61. The largest absolute Gasteiger partial charge is 0.469 e. The number of rotatable bonds is 7. The van der Waals surface area contributed by atoms with Gasteiger partial charge in [-0.05, 0) is 0 Å². The van der Waals surface area contributed by atoms with Gasteiger partial charge in [0.2, 0.25) is 5.91 Å². The van der Waals surface area contributed by atoms with Crippen molar-refractivity contribution in [2.24, 2.45) is 5.92 Å². The van der Waals surface area contributed by atoms with E-state index in [1.165, 1.54) is 7.11 Å². The van der Waals surface area contributed by atoms with Crippen LogP contribution in [-0.4, -0.2) is 50.7 Å². The Morgan fingerprint density at radius 3 is 2.38 bits per heavy atom. The van der Waals surface area contributed by atoms with Crippen LogP contribution in [0.1, 0.15) is 20.3 Å². The lowest BCUT2D eigenvalue weighted by molar-refractivity contribution is -0.146. The first kappa shape index (κ1) is 14.9. The van der Waals surface area contributed by atoms with Crippen LogP contribution in [0.2, 0.25) is 0 Å². The molecule has 0 aromatic heterocycles. The average Bonchev–Trinajstić information content (AvgIpc) is 2.31. The summed E-state index contributed by atoms with van der Waals surface area (Å²) in [4.78, 5) is 24.5. The van der Waals surface area contributed by atoms with Crippen molar-refractivity contribution in [1.29, 1.82) is 0 Å². The van der Waals surface area contributed by atoms with E-state index in [1.807, 2.05) is 0 Å². The molecule has 0 spiro atoms. The summed E-state index contributed by atoms with van der Waals surface area (Å²) in [7, 11) is 2.93. The molecule has 1 unspecified atom stereocenters. The summed E-state index contributed by atoms with van der Waals surface area (Å²) < 4.78 is 9.55. The Kier molecular flexibility index (Phi) is 7.54. The summed E-state index contributed by atoms with van der Waals surface area (Å²) in [6.45, 7) is 4.90. The fourth-order valence-corrected chi connectivity index (χ4v) is 1.35. The van der Waals surface area contributed by atoms with E-state index in [1.54, 1.807) is 25.9 Å². The molecule has 0 radical (unpaired) electrons. The van der Waals surface area contributed by atoms with Crippen molar-refractivity contribution in [2.45, 2.75) is 20.3 Å². The van der Waals surface area contributed by atoms with Gasteiger partial charge in [0.05, 0.1) is 19.6 Å². The zero-order chi connectivity index (χ0) is 12.6. The molecule has 0 aromatic carbocycles. The van der Waals surface area contributed by atoms with Crippen LogP contribution >= 0.6 is 0 Å². The van der Waals surface area contributed by atoms with Crippen molar-refractivity contribution in [3.8, 4) is 0 Å². The Morgan fingerprint density at radius 1 is 1.31 bits per heavy atom. The Hall–Kier alpha value is -1.10. The molecule has 1 atom stereocenters. The summed E-state index contributed by atoms with van der Waals surface area (Å²) in [6.07, 6.45) is 0.428. The Bertz CT molecular complexity index is 230. The predicted octanol–water partition coefficient (Wildman–Crippen LogP) is 0.680. The number of carbonyl (C=O) groups is 2. The fourth-order valence-electron chi connectivity index (χ4n) is 1.35. The second-order valence-corrected chi connectivity index (χ2v) is 3.61. The van der Waals surface area contributed by atoms with Crippen LogP contribution in [0, 0.1) is 5.92 Å². The van der Waals surface area contributed by atoms with E-state index < -0.39 is 0 Å². The van der Waals surface area contributed by atoms with E-state index in [2.05, 4.69) is 4.74 Å². The number of methoxy groups -OCH3 is 2. The van der Waals surface area contributed by atoms with Gasteiger partial charge >= 0.3 is 5.97 Å². The standard InChI is InChI=1S/C11H21NO4/c1-5-10(13)12(6-7-15-3)8-9(2)11(14)16-4/h9H,5-8H2,1-4H3. The zero-order valence-corrected chi connectivity index (χ0v) is 10.5. The lowest BCUT2D eigenvalue weighted by Gasteiger charge is -2.24. The van der Waals surface area contributed by atoms with Crippen LogP contribution in [0.5, 0.6) is 0 Å². The molecule has 0 aliphatic rings. The van der Waals surface area contributed by atoms with E-state index >= 15 is 0 Å². The maximum Gasteiger partial charge on any atom is 0.310 e. The smallest absolute Gasteiger partial charge is 0.310 e. The molecule has 0 bridgehead atoms. The molecule has 94 valence electrons. The van der Waals surface area contributed by atoms with Gasteiger partial charge in [-0.15, -0.1) is 0 Å². The van der Waals surface area contributed by atoms with Crippen molar-refractivity contribution >= 4 is 11.9 Å². The number of esters is 1. The third kappa shape index (κ3) is 5.11. The molecule has 1 amide bonds. The molecule has 0 saturated carbocycles. The van der Waals surface area contributed by atoms with Gasteiger partial charge < -0.3 is 14.4 Å². The highest BCUT2D eigenvalue weighted by atomic mass is 16.5. The van der Waals surface area contributed by atoms with Gasteiger partial charge in [0.25, 0.3) is 0 Å². The fraction of sp³-hybridized carbons (Fsp3) is 0.818. The Labute approximate surface area is 96.7 Å². The third-order valence-corrected chi connectivity index (χ3v) is 2.32. The summed E-state index contributed by atoms with van der Waals surface area (Å²) in [5, 5.41) is 0.